The molecule has 0 amide bonds. The van der Waals surface area contributed by atoms with Crippen molar-refractivity contribution < 1.29 is 14.3 Å². The largest absolute Gasteiger partial charge is 0.451 e. The first-order valence-electron chi connectivity index (χ1n) is 10.6. The third-order valence-corrected chi connectivity index (χ3v) is 6.64. The van der Waals surface area contributed by atoms with Gasteiger partial charge in [0.25, 0.3) is 0 Å². The highest BCUT2D eigenvalue weighted by Crippen LogP contribution is 2.49. The number of aromatic amines is 1. The molecule has 1 spiro atoms. The first-order valence-corrected chi connectivity index (χ1v) is 10.6. The molecule has 1 aliphatic carbocycles. The topological polar surface area (TPSA) is 93.2 Å². The van der Waals surface area contributed by atoms with Gasteiger partial charge in [-0.05, 0) is 31.7 Å². The Kier molecular flexibility index (Phi) is 4.02. The minimum absolute atomic E-state index is 0.196. The van der Waals surface area contributed by atoms with Crippen molar-refractivity contribution >= 4 is 23.1 Å². The second kappa shape index (κ2) is 6.77. The van der Waals surface area contributed by atoms with Gasteiger partial charge in [-0.25, -0.2) is 14.8 Å². The molecule has 1 saturated heterocycles. The molecule has 1 N–H and O–H groups in total. The SMILES string of the molecule is O=C1O[C@]2(CC[C@H](c3nc4nc(N5CCOCC5)ncc4[nH]3)CC2)c2ccccc21. The molecule has 2 fully saturated rings. The van der Waals surface area contributed by atoms with E-state index in [0.717, 1.165) is 55.7 Å². The second-order valence-electron chi connectivity index (χ2n) is 8.33. The number of hydrogen-bond donors (Lipinski definition) is 1. The molecule has 6 rings (SSSR count). The van der Waals surface area contributed by atoms with E-state index >= 15 is 0 Å². The van der Waals surface area contributed by atoms with Gasteiger partial charge in [-0.3, -0.25) is 0 Å². The maximum Gasteiger partial charge on any atom is 0.339 e. The van der Waals surface area contributed by atoms with Crippen molar-refractivity contribution in [2.24, 2.45) is 0 Å². The number of aromatic nitrogens is 4. The van der Waals surface area contributed by atoms with Gasteiger partial charge >= 0.3 is 5.97 Å². The van der Waals surface area contributed by atoms with Crippen LogP contribution < -0.4 is 4.90 Å². The number of fused-ring (bicyclic) bond motifs is 3. The summed E-state index contributed by atoms with van der Waals surface area (Å²) in [6, 6.07) is 7.77. The zero-order chi connectivity index (χ0) is 20.1. The summed E-state index contributed by atoms with van der Waals surface area (Å²) in [6.45, 7) is 3.00. The van der Waals surface area contributed by atoms with E-state index in [1.165, 1.54) is 0 Å². The molecule has 0 atom stereocenters. The predicted molar refractivity (Wildman–Crippen MR) is 109 cm³/mol. The van der Waals surface area contributed by atoms with Crippen LogP contribution in [-0.2, 0) is 15.1 Å². The number of esters is 1. The lowest BCUT2D eigenvalue weighted by atomic mass is 9.75. The Bertz CT molecular complexity index is 1110. The molecular formula is C22H23N5O3. The quantitative estimate of drug-likeness (QED) is 0.655. The Labute approximate surface area is 173 Å². The van der Waals surface area contributed by atoms with E-state index in [0.29, 0.717) is 36.3 Å². The smallest absolute Gasteiger partial charge is 0.339 e. The van der Waals surface area contributed by atoms with Crippen LogP contribution in [0, 0.1) is 0 Å². The zero-order valence-electron chi connectivity index (χ0n) is 16.6. The highest BCUT2D eigenvalue weighted by atomic mass is 16.6. The van der Waals surface area contributed by atoms with Crippen molar-refractivity contribution in [3.63, 3.8) is 0 Å². The average Bonchev–Trinajstić information content (AvgIpc) is 3.34. The van der Waals surface area contributed by atoms with Crippen LogP contribution in [0.25, 0.3) is 11.2 Å². The summed E-state index contributed by atoms with van der Waals surface area (Å²) >= 11 is 0. The van der Waals surface area contributed by atoms with Crippen molar-refractivity contribution in [3.05, 3.63) is 47.4 Å². The molecule has 4 heterocycles. The zero-order valence-corrected chi connectivity index (χ0v) is 16.6. The number of imidazole rings is 1. The number of nitrogens with one attached hydrogen (secondary N) is 1. The number of H-pyrrole nitrogens is 1. The summed E-state index contributed by atoms with van der Waals surface area (Å²) in [5.74, 6) is 1.76. The Morgan fingerprint density at radius 3 is 2.73 bits per heavy atom. The van der Waals surface area contributed by atoms with Crippen LogP contribution in [0.4, 0.5) is 5.95 Å². The third-order valence-electron chi connectivity index (χ3n) is 6.64. The van der Waals surface area contributed by atoms with Crippen LogP contribution in [0.15, 0.2) is 30.5 Å². The normalized spacial score (nSPS) is 26.2. The van der Waals surface area contributed by atoms with E-state index in [1.807, 2.05) is 30.5 Å². The van der Waals surface area contributed by atoms with Crippen molar-refractivity contribution in [2.45, 2.75) is 37.2 Å². The number of benzene rings is 1. The van der Waals surface area contributed by atoms with Crippen molar-refractivity contribution in [1.29, 1.82) is 0 Å². The van der Waals surface area contributed by atoms with Gasteiger partial charge in [0.05, 0.1) is 25.0 Å². The minimum Gasteiger partial charge on any atom is -0.451 e. The van der Waals surface area contributed by atoms with Gasteiger partial charge in [0.15, 0.2) is 5.65 Å². The highest BCUT2D eigenvalue weighted by molar-refractivity contribution is 5.94. The van der Waals surface area contributed by atoms with Crippen LogP contribution in [0.3, 0.4) is 0 Å². The van der Waals surface area contributed by atoms with E-state index in [-0.39, 0.29) is 5.97 Å². The van der Waals surface area contributed by atoms with E-state index < -0.39 is 5.60 Å². The molecular weight excluding hydrogens is 382 g/mol. The molecule has 3 aromatic rings. The van der Waals surface area contributed by atoms with Crippen molar-refractivity contribution in [2.75, 3.05) is 31.2 Å². The van der Waals surface area contributed by atoms with Gasteiger partial charge in [0.2, 0.25) is 5.95 Å². The molecule has 0 bridgehead atoms. The summed E-state index contributed by atoms with van der Waals surface area (Å²) in [5, 5.41) is 0. The van der Waals surface area contributed by atoms with E-state index in [2.05, 4.69) is 19.9 Å². The Morgan fingerprint density at radius 2 is 1.90 bits per heavy atom. The number of carbonyl (C=O) groups excluding carboxylic acids is 1. The summed E-state index contributed by atoms with van der Waals surface area (Å²) in [5.41, 5.74) is 2.85. The number of ether oxygens (including phenoxy) is 2. The molecule has 8 nitrogen and oxygen atoms in total. The monoisotopic (exact) mass is 405 g/mol. The third kappa shape index (κ3) is 2.78. The number of nitrogens with zero attached hydrogens (tertiary/aromatic N) is 4. The summed E-state index contributed by atoms with van der Waals surface area (Å²) in [6.07, 6.45) is 5.25. The van der Waals surface area contributed by atoms with Gasteiger partial charge in [-0.15, -0.1) is 0 Å². The van der Waals surface area contributed by atoms with Crippen LogP contribution in [-0.4, -0.2) is 52.2 Å². The van der Waals surface area contributed by atoms with Crippen LogP contribution >= 0.6 is 0 Å². The maximum atomic E-state index is 12.3. The van der Waals surface area contributed by atoms with Gasteiger partial charge in [0, 0.05) is 24.6 Å². The summed E-state index contributed by atoms with van der Waals surface area (Å²) in [7, 11) is 0. The molecule has 1 saturated carbocycles. The van der Waals surface area contributed by atoms with Crippen LogP contribution in [0.2, 0.25) is 0 Å². The minimum atomic E-state index is -0.473. The second-order valence-corrected chi connectivity index (χ2v) is 8.33. The predicted octanol–water partition coefficient (Wildman–Crippen LogP) is 2.91. The molecule has 8 heteroatoms. The number of hydrogen-bond acceptors (Lipinski definition) is 7. The molecule has 30 heavy (non-hydrogen) atoms. The van der Waals surface area contributed by atoms with Crippen molar-refractivity contribution in [3.8, 4) is 0 Å². The fourth-order valence-corrected chi connectivity index (χ4v) is 5.00. The molecule has 154 valence electrons. The maximum absolute atomic E-state index is 12.3. The number of rotatable bonds is 2. The fraction of sp³-hybridized carbons (Fsp3) is 0.455. The standard InChI is InChI=1S/C22H23N5O3/c28-20-15-3-1-2-4-16(15)22(30-20)7-5-14(6-8-22)18-24-17-13-23-21(26-19(17)25-18)27-9-11-29-12-10-27/h1-4,13-14H,5-12H2,(H,23,24,25,26)/t14-,22-. The van der Waals surface area contributed by atoms with Gasteiger partial charge in [-0.1, -0.05) is 18.2 Å². The number of morpholine rings is 1. The lowest BCUT2D eigenvalue weighted by molar-refractivity contribution is -0.0312. The van der Waals surface area contributed by atoms with Gasteiger partial charge < -0.3 is 19.4 Å². The van der Waals surface area contributed by atoms with E-state index in [4.69, 9.17) is 14.5 Å². The lowest BCUT2D eigenvalue weighted by Crippen LogP contribution is -2.37. The summed E-state index contributed by atoms with van der Waals surface area (Å²) < 4.78 is 11.3. The Balaban J connectivity index is 1.22. The van der Waals surface area contributed by atoms with E-state index in [1.54, 1.807) is 0 Å². The molecule has 0 radical (unpaired) electrons. The van der Waals surface area contributed by atoms with Gasteiger partial charge in [-0.2, -0.15) is 4.98 Å². The van der Waals surface area contributed by atoms with E-state index in [9.17, 15) is 4.79 Å². The molecule has 2 aromatic heterocycles. The van der Waals surface area contributed by atoms with Crippen LogP contribution in [0.1, 0.15) is 53.3 Å². The first-order chi connectivity index (χ1) is 14.7. The first kappa shape index (κ1) is 17.8. The number of carbonyl (C=O) groups is 1. The van der Waals surface area contributed by atoms with Gasteiger partial charge in [0.1, 0.15) is 16.9 Å². The van der Waals surface area contributed by atoms with Crippen LogP contribution in [0.5, 0.6) is 0 Å². The number of anilines is 1. The molecule has 0 unspecified atom stereocenters. The van der Waals surface area contributed by atoms with Crippen molar-refractivity contribution in [1.82, 2.24) is 19.9 Å². The molecule has 1 aromatic carbocycles. The molecule has 2 aliphatic heterocycles. The molecule has 3 aliphatic rings. The summed E-state index contributed by atoms with van der Waals surface area (Å²) in [4.78, 5) is 31.8. The lowest BCUT2D eigenvalue weighted by Gasteiger charge is -2.35. The Morgan fingerprint density at radius 1 is 1.10 bits per heavy atom. The average molecular weight is 405 g/mol. The highest BCUT2D eigenvalue weighted by Gasteiger charge is 2.47. The fourth-order valence-electron chi connectivity index (χ4n) is 5.00. The Hall–Kier alpha value is -3.00.